The van der Waals surface area contributed by atoms with Crippen LogP contribution < -0.4 is 4.90 Å². The molecule has 0 aliphatic carbocycles. The number of pyridine rings is 5. The lowest BCUT2D eigenvalue weighted by Crippen LogP contribution is -2.36. The van der Waals surface area contributed by atoms with E-state index in [1.165, 1.54) is 86.5 Å². The quantitative estimate of drug-likeness (QED) is 0.0553. The van der Waals surface area contributed by atoms with Gasteiger partial charge in [-0.05, 0) is 97.1 Å². The van der Waals surface area contributed by atoms with E-state index >= 15 is 0 Å². The first-order valence-corrected chi connectivity index (χ1v) is 27.9. The van der Waals surface area contributed by atoms with E-state index in [1.807, 2.05) is 12.1 Å². The summed E-state index contributed by atoms with van der Waals surface area (Å²) < 4.78 is 18.6. The number of anilines is 1. The van der Waals surface area contributed by atoms with E-state index in [0.717, 1.165) is 47.5 Å². The van der Waals surface area contributed by atoms with Crippen molar-refractivity contribution in [1.82, 2.24) is 94.9 Å². The van der Waals surface area contributed by atoms with Gasteiger partial charge in [0, 0.05) is 90.5 Å². The number of aromatic carboxylic acids is 6. The smallest absolute Gasteiger partial charge is 0.354 e. The van der Waals surface area contributed by atoms with E-state index in [-0.39, 0.29) is 45.4 Å². The van der Waals surface area contributed by atoms with E-state index in [2.05, 4.69) is 99.8 Å². The van der Waals surface area contributed by atoms with Crippen molar-refractivity contribution in [3.8, 4) is 67.5 Å². The van der Waals surface area contributed by atoms with Crippen LogP contribution in [0.3, 0.4) is 0 Å². The number of rotatable bonds is 13. The zero-order valence-electron chi connectivity index (χ0n) is 49.5. The van der Waals surface area contributed by atoms with Crippen molar-refractivity contribution < 1.29 is 68.5 Å². The minimum Gasteiger partial charge on any atom is -0.477 e. The minimum atomic E-state index is -1.19. The van der Waals surface area contributed by atoms with Crippen LogP contribution >= 0.6 is 11.6 Å². The van der Waals surface area contributed by atoms with Gasteiger partial charge in [0.25, 0.3) is 0 Å². The van der Waals surface area contributed by atoms with Gasteiger partial charge in [0.2, 0.25) is 5.95 Å². The number of hydrogen-bond donors (Lipinski definition) is 7. The number of nitrogens with one attached hydrogen (secondary N) is 1. The molecule has 1 aliphatic rings. The SMILES string of the molecule is O=C(O)c1cc(-c2ccc(Cl)nc2)ncn1.O=C(O)c1cc(-c2ccc(N3CCOCC3)nc2)ncn1.O=C(O)c1cc(-c2cccnc2)ncn1.O=C(O)c1cc(-c2cccnc2F)ncn1.O=C(O)c1cc(-c2ccncc2)ncn1.O=C(O)c1cc(-c2cn[nH]c2)ncn1. The topological polar surface area (TPSA) is 484 Å². The van der Waals surface area contributed by atoms with E-state index in [9.17, 15) is 33.2 Å². The van der Waals surface area contributed by atoms with Crippen molar-refractivity contribution in [1.29, 1.82) is 0 Å². The number of halogens is 2. The standard InChI is InChI=1S/C14H14N4O3.C10H6ClN3O2.C10H6FN3O2.2C10H7N3O2.C8H6N4O2/c19-14(20)12-7-11(16-9-17-12)10-1-2-13(15-8-10)18-3-5-21-6-4-18;11-9-2-1-6(4-12-9)7-3-8(10(15)16)14-5-13-7;11-9-6(2-1-3-12-9)7-4-8(10(15)16)14-5-13-7;14-10(15)9-5-8(12-6-13-9)7-1-3-11-4-2-7;14-10(15)9-4-8(12-6-13-9)7-2-1-3-11-5-7;13-8(14)7-1-6(9-4-10-7)5-2-11-12-3-5/h1-2,7-9H,3-6H2,(H,19,20);2*1-5H,(H,15,16);2*1-6H,(H,14,15);1-4H,(H,11,12)(H,13,14). The molecule has 0 saturated carbocycles. The molecule has 0 spiro atoms. The van der Waals surface area contributed by atoms with Gasteiger partial charge < -0.3 is 40.3 Å². The van der Waals surface area contributed by atoms with Gasteiger partial charge in [0.05, 0.1) is 59.1 Å². The van der Waals surface area contributed by atoms with Crippen LogP contribution in [-0.2, 0) is 4.74 Å². The van der Waals surface area contributed by atoms with E-state index in [1.54, 1.807) is 85.8 Å². The predicted molar refractivity (Wildman–Crippen MR) is 336 cm³/mol. The average molecular weight is 1330 g/mol. The van der Waals surface area contributed by atoms with Gasteiger partial charge in [-0.2, -0.15) is 9.49 Å². The van der Waals surface area contributed by atoms with E-state index < -0.39 is 41.8 Å². The Balaban J connectivity index is 0.000000149. The van der Waals surface area contributed by atoms with Crippen LogP contribution in [-0.4, -0.2) is 188 Å². The number of aromatic nitrogens is 19. The summed E-state index contributed by atoms with van der Waals surface area (Å²) in [6, 6.07) is 25.5. The number of carboxylic acid groups (broad SMARTS) is 6. The number of carbonyl (C=O) groups is 6. The van der Waals surface area contributed by atoms with Crippen molar-refractivity contribution in [2.24, 2.45) is 0 Å². The summed E-state index contributed by atoms with van der Waals surface area (Å²) in [7, 11) is 0. The molecule has 0 bridgehead atoms. The number of H-pyrrole nitrogens is 1. The Morgan fingerprint density at radius 2 is 0.814 bits per heavy atom. The van der Waals surface area contributed by atoms with Gasteiger partial charge in [-0.15, -0.1) is 0 Å². The first-order valence-electron chi connectivity index (χ1n) is 27.5. The summed E-state index contributed by atoms with van der Waals surface area (Å²) in [5.41, 5.74) is 6.46. The highest BCUT2D eigenvalue weighted by Crippen LogP contribution is 2.23. The van der Waals surface area contributed by atoms with Crippen molar-refractivity contribution in [3.63, 3.8) is 0 Å². The average Bonchev–Trinajstić information content (AvgIpc) is 1.30. The fraction of sp³-hybridized carbons (Fsp3) is 0.0645. The monoisotopic (exact) mass is 1330 g/mol. The number of morpholine rings is 1. The second-order valence-electron chi connectivity index (χ2n) is 18.7. The highest BCUT2D eigenvalue weighted by molar-refractivity contribution is 6.29. The molecule has 35 heteroatoms. The van der Waals surface area contributed by atoms with E-state index in [0.29, 0.717) is 52.4 Å². The van der Waals surface area contributed by atoms with Crippen molar-refractivity contribution >= 4 is 53.2 Å². The van der Waals surface area contributed by atoms with Crippen molar-refractivity contribution in [3.05, 3.63) is 236 Å². The molecule has 7 N–H and O–H groups in total. The second-order valence-corrected chi connectivity index (χ2v) is 19.1. The second kappa shape index (κ2) is 34.6. The number of nitrogens with zero attached hydrogens (tertiary/aromatic N) is 19. The number of ether oxygens (including phenoxy) is 1. The van der Waals surface area contributed by atoms with Gasteiger partial charge in [-0.3, -0.25) is 15.1 Å². The molecule has 0 atom stereocenters. The van der Waals surface area contributed by atoms with Crippen LogP contribution in [0.5, 0.6) is 0 Å². The molecule has 13 heterocycles. The van der Waals surface area contributed by atoms with Crippen LogP contribution in [0, 0.1) is 5.95 Å². The molecule has 12 aromatic heterocycles. The molecule has 1 fully saturated rings. The Bertz CT molecular complexity index is 4560. The molecule has 1 saturated heterocycles. The molecule has 0 aromatic carbocycles. The lowest BCUT2D eigenvalue weighted by atomic mass is 10.2. The summed E-state index contributed by atoms with van der Waals surface area (Å²) in [4.78, 5) is 131. The Kier molecular flexibility index (Phi) is 24.7. The lowest BCUT2D eigenvalue weighted by molar-refractivity contribution is 0.0679. The summed E-state index contributed by atoms with van der Waals surface area (Å²) in [6.07, 6.45) is 21.4. The number of aromatic amines is 1. The predicted octanol–water partition coefficient (Wildman–Crippen LogP) is 7.38. The molecule has 486 valence electrons. The third-order valence-electron chi connectivity index (χ3n) is 12.5. The van der Waals surface area contributed by atoms with Gasteiger partial charge in [0.15, 0.2) is 34.2 Å². The highest BCUT2D eigenvalue weighted by atomic mass is 35.5. The summed E-state index contributed by atoms with van der Waals surface area (Å²) >= 11 is 5.64. The van der Waals surface area contributed by atoms with Gasteiger partial charge in [-0.25, -0.2) is 104 Å². The fourth-order valence-corrected chi connectivity index (χ4v) is 7.94. The van der Waals surface area contributed by atoms with Gasteiger partial charge in [-0.1, -0.05) is 11.6 Å². The maximum atomic E-state index is 13.3. The first-order chi connectivity index (χ1) is 46.9. The number of carboxylic acids is 6. The maximum absolute atomic E-state index is 13.3. The molecule has 97 heavy (non-hydrogen) atoms. The fourth-order valence-electron chi connectivity index (χ4n) is 7.83. The molecule has 0 radical (unpaired) electrons. The first kappa shape index (κ1) is 69.1. The molecule has 0 unspecified atom stereocenters. The molecule has 12 aromatic rings. The Labute approximate surface area is 549 Å². The molecule has 1 aliphatic heterocycles. The summed E-state index contributed by atoms with van der Waals surface area (Å²) in [6.45, 7) is 3.06. The van der Waals surface area contributed by atoms with Crippen molar-refractivity contribution in [2.45, 2.75) is 0 Å². The van der Waals surface area contributed by atoms with E-state index in [4.69, 9.17) is 47.0 Å². The maximum Gasteiger partial charge on any atom is 0.354 e. The molecular formula is C62H46ClFN20O13. The van der Waals surface area contributed by atoms with Crippen LogP contribution in [0.15, 0.2) is 191 Å². The zero-order chi connectivity index (χ0) is 69.1. The highest BCUT2D eigenvalue weighted by Gasteiger charge is 2.16. The lowest BCUT2D eigenvalue weighted by Gasteiger charge is -2.27. The summed E-state index contributed by atoms with van der Waals surface area (Å²) in [5.74, 6) is -6.37. The minimum absolute atomic E-state index is 0.0168. The van der Waals surface area contributed by atoms with Crippen molar-refractivity contribution in [2.75, 3.05) is 31.2 Å². The molecular weight excluding hydrogens is 1290 g/mol. The third-order valence-corrected chi connectivity index (χ3v) is 12.7. The Morgan fingerprint density at radius 3 is 1.21 bits per heavy atom. The van der Waals surface area contributed by atoms with Gasteiger partial charge >= 0.3 is 35.8 Å². The molecule has 0 amide bonds. The summed E-state index contributed by atoms with van der Waals surface area (Å²) in [5, 5.41) is 59.4. The Morgan fingerprint density at radius 1 is 0.402 bits per heavy atom. The largest absolute Gasteiger partial charge is 0.477 e. The molecule has 13 rings (SSSR count). The van der Waals surface area contributed by atoms with Crippen LogP contribution in [0.4, 0.5) is 10.2 Å². The third kappa shape index (κ3) is 20.6. The Hall–Kier alpha value is -13.8. The number of hydrogen-bond acceptors (Lipinski definition) is 26. The van der Waals surface area contributed by atoms with Crippen LogP contribution in [0.25, 0.3) is 67.5 Å². The van der Waals surface area contributed by atoms with Gasteiger partial charge in [0.1, 0.15) is 48.9 Å². The normalized spacial score (nSPS) is 11.1. The zero-order valence-corrected chi connectivity index (χ0v) is 50.3. The van der Waals surface area contributed by atoms with Crippen LogP contribution in [0.2, 0.25) is 5.15 Å². The molecule has 33 nitrogen and oxygen atoms in total. The van der Waals surface area contributed by atoms with Crippen LogP contribution in [0.1, 0.15) is 62.9 Å².